The molecular formula is C17H33N3O3S. The van der Waals surface area contributed by atoms with Crippen LogP contribution in [0.5, 0.6) is 0 Å². The summed E-state index contributed by atoms with van der Waals surface area (Å²) in [7, 11) is 1.72. The number of rotatable bonds is 4. The van der Waals surface area contributed by atoms with E-state index in [1.807, 2.05) is 46.9 Å². The second-order valence-electron chi connectivity index (χ2n) is 7.79. The summed E-state index contributed by atoms with van der Waals surface area (Å²) in [6, 6.07) is 1.85. The van der Waals surface area contributed by atoms with Crippen molar-refractivity contribution in [2.75, 3.05) is 13.6 Å². The van der Waals surface area contributed by atoms with Crippen molar-refractivity contribution in [1.29, 1.82) is 0 Å². The zero-order valence-corrected chi connectivity index (χ0v) is 17.1. The molecule has 0 aliphatic carbocycles. The molecule has 0 atom stereocenters. The number of ether oxygens (including phenoxy) is 1. The first-order valence-electron chi connectivity index (χ1n) is 8.00. The summed E-state index contributed by atoms with van der Waals surface area (Å²) in [5.41, 5.74) is -1.15. The van der Waals surface area contributed by atoms with Gasteiger partial charge in [-0.25, -0.2) is 4.79 Å². The predicted octanol–water partition coefficient (Wildman–Crippen LogP) is 3.22. The van der Waals surface area contributed by atoms with Crippen LogP contribution in [0.2, 0.25) is 0 Å². The van der Waals surface area contributed by atoms with Crippen LogP contribution >= 0.6 is 12.6 Å². The van der Waals surface area contributed by atoms with E-state index in [0.29, 0.717) is 13.1 Å². The molecule has 0 aromatic carbocycles. The monoisotopic (exact) mass is 359 g/mol. The fourth-order valence-corrected chi connectivity index (χ4v) is 1.12. The van der Waals surface area contributed by atoms with Crippen molar-refractivity contribution in [3.8, 4) is 0 Å². The largest absolute Gasteiger partial charge is 0.444 e. The highest BCUT2D eigenvalue weighted by atomic mass is 32.1. The Morgan fingerprint density at radius 1 is 1.25 bits per heavy atom. The van der Waals surface area contributed by atoms with Gasteiger partial charge >= 0.3 is 6.09 Å². The smallest absolute Gasteiger partial charge is 0.410 e. The first-order valence-corrected chi connectivity index (χ1v) is 8.44. The second kappa shape index (κ2) is 8.76. The molecule has 24 heavy (non-hydrogen) atoms. The number of thiol groups is 1. The number of likely N-dealkylation sites (N-methyl/N-ethyl adjacent to an activating group) is 1. The first-order chi connectivity index (χ1) is 10.6. The normalized spacial score (nSPS) is 12.2. The van der Waals surface area contributed by atoms with E-state index in [1.54, 1.807) is 36.7 Å². The van der Waals surface area contributed by atoms with Gasteiger partial charge in [-0.3, -0.25) is 4.68 Å². The third-order valence-electron chi connectivity index (χ3n) is 3.43. The Morgan fingerprint density at radius 3 is 2.08 bits per heavy atom. The van der Waals surface area contributed by atoms with Crippen molar-refractivity contribution in [2.45, 2.75) is 71.0 Å². The van der Waals surface area contributed by atoms with Gasteiger partial charge in [0, 0.05) is 30.7 Å². The Labute approximate surface area is 151 Å². The highest BCUT2D eigenvalue weighted by molar-refractivity contribution is 7.81. The van der Waals surface area contributed by atoms with Gasteiger partial charge in [-0.15, -0.1) is 0 Å². The first kappa shape index (κ1) is 22.8. The summed E-state index contributed by atoms with van der Waals surface area (Å²) in [4.78, 5) is 13.1. The van der Waals surface area contributed by atoms with Crippen LogP contribution in [-0.2, 0) is 11.3 Å². The van der Waals surface area contributed by atoms with Crippen LogP contribution in [0.4, 0.5) is 4.79 Å². The van der Waals surface area contributed by atoms with Gasteiger partial charge in [0.05, 0.1) is 12.1 Å². The molecule has 140 valence electrons. The maximum absolute atomic E-state index is 11.6. The Balaban J connectivity index is 0.000000561. The quantitative estimate of drug-likeness (QED) is 0.810. The fourth-order valence-electron chi connectivity index (χ4n) is 1.12. The Morgan fingerprint density at radius 2 is 1.75 bits per heavy atom. The number of carbonyl (C=O) groups excluding carboxylic acids is 1. The number of nitrogens with zero attached hydrogens (tertiary/aromatic N) is 3. The zero-order valence-electron chi connectivity index (χ0n) is 16.2. The van der Waals surface area contributed by atoms with Crippen LogP contribution in [0.3, 0.4) is 0 Å². The third-order valence-corrected chi connectivity index (χ3v) is 3.97. The van der Waals surface area contributed by atoms with Gasteiger partial charge in [0.15, 0.2) is 0 Å². The molecule has 0 aliphatic rings. The van der Waals surface area contributed by atoms with E-state index >= 15 is 0 Å². The van der Waals surface area contributed by atoms with Crippen LogP contribution in [-0.4, -0.2) is 55.4 Å². The lowest BCUT2D eigenvalue weighted by molar-refractivity contribution is 0.0292. The lowest BCUT2D eigenvalue weighted by Gasteiger charge is -2.32. The summed E-state index contributed by atoms with van der Waals surface area (Å²) < 4.78 is 6.69. The number of amides is 1. The molecule has 0 fully saturated rings. The average molecular weight is 360 g/mol. The standard InChI is InChI=1S/C11H19N3O2.C6H14OS/c1-11(2,3)16-10(15)13(4)8-9-14-7-5-6-12-14;1-5(2,7)6(3,4)8/h5-7H,8-9H2,1-4H3;7-8H,1-4H3. The number of aliphatic hydroxyl groups is 1. The zero-order chi connectivity index (χ0) is 19.2. The summed E-state index contributed by atoms with van der Waals surface area (Å²) >= 11 is 4.19. The number of aromatic nitrogens is 2. The van der Waals surface area contributed by atoms with Crippen molar-refractivity contribution >= 4 is 18.7 Å². The Kier molecular flexibility index (Phi) is 8.32. The molecule has 1 heterocycles. The van der Waals surface area contributed by atoms with Gasteiger partial charge < -0.3 is 14.7 Å². The number of hydrogen-bond donors (Lipinski definition) is 2. The molecule has 1 aromatic rings. The van der Waals surface area contributed by atoms with Crippen molar-refractivity contribution in [1.82, 2.24) is 14.7 Å². The van der Waals surface area contributed by atoms with Gasteiger partial charge in [0.1, 0.15) is 5.60 Å². The van der Waals surface area contributed by atoms with Crippen LogP contribution in [0.25, 0.3) is 0 Å². The van der Waals surface area contributed by atoms with Crippen LogP contribution < -0.4 is 0 Å². The van der Waals surface area contributed by atoms with E-state index in [1.165, 1.54) is 0 Å². The molecule has 7 heteroatoms. The van der Waals surface area contributed by atoms with Crippen molar-refractivity contribution in [3.05, 3.63) is 18.5 Å². The lowest BCUT2D eigenvalue weighted by Crippen LogP contribution is -2.40. The van der Waals surface area contributed by atoms with Gasteiger partial charge in [-0.05, 0) is 54.5 Å². The van der Waals surface area contributed by atoms with E-state index in [9.17, 15) is 9.90 Å². The van der Waals surface area contributed by atoms with Gasteiger partial charge in [0.2, 0.25) is 0 Å². The molecular weight excluding hydrogens is 326 g/mol. The van der Waals surface area contributed by atoms with Crippen molar-refractivity contribution in [2.24, 2.45) is 0 Å². The topological polar surface area (TPSA) is 67.6 Å². The SMILES string of the molecule is CC(C)(O)C(C)(C)S.CN(CCn1cccn1)C(=O)OC(C)(C)C. The molecule has 0 aliphatic heterocycles. The molecule has 0 unspecified atom stereocenters. The van der Waals surface area contributed by atoms with E-state index in [0.717, 1.165) is 0 Å². The summed E-state index contributed by atoms with van der Waals surface area (Å²) in [5.74, 6) is 0. The number of hydrogen-bond acceptors (Lipinski definition) is 5. The summed E-state index contributed by atoms with van der Waals surface area (Å²) in [5, 5.41) is 13.3. The Bertz CT molecular complexity index is 471. The predicted molar refractivity (Wildman–Crippen MR) is 100 cm³/mol. The molecule has 1 rings (SSSR count). The Hall–Kier alpha value is -1.21. The molecule has 1 amide bonds. The summed E-state index contributed by atoms with van der Waals surface area (Å²) in [6.45, 7) is 14.1. The molecule has 1 aromatic heterocycles. The second-order valence-corrected chi connectivity index (χ2v) is 8.91. The van der Waals surface area contributed by atoms with E-state index < -0.39 is 11.2 Å². The summed E-state index contributed by atoms with van der Waals surface area (Å²) in [6.07, 6.45) is 3.27. The molecule has 1 N–H and O–H groups in total. The molecule has 0 saturated heterocycles. The van der Waals surface area contributed by atoms with E-state index in [-0.39, 0.29) is 10.8 Å². The highest BCUT2D eigenvalue weighted by Crippen LogP contribution is 2.26. The molecule has 0 saturated carbocycles. The minimum Gasteiger partial charge on any atom is -0.444 e. The molecule has 6 nitrogen and oxygen atoms in total. The van der Waals surface area contributed by atoms with Crippen LogP contribution in [0, 0.1) is 0 Å². The minimum atomic E-state index is -0.698. The van der Waals surface area contributed by atoms with Crippen LogP contribution in [0.1, 0.15) is 48.5 Å². The molecule has 0 spiro atoms. The fraction of sp³-hybridized carbons (Fsp3) is 0.765. The van der Waals surface area contributed by atoms with Gasteiger partial charge in [0.25, 0.3) is 0 Å². The highest BCUT2D eigenvalue weighted by Gasteiger charge is 2.30. The molecule has 0 bridgehead atoms. The van der Waals surface area contributed by atoms with Gasteiger partial charge in [-0.2, -0.15) is 17.7 Å². The van der Waals surface area contributed by atoms with Crippen LogP contribution in [0.15, 0.2) is 18.5 Å². The van der Waals surface area contributed by atoms with E-state index in [2.05, 4.69) is 17.7 Å². The number of carbonyl (C=O) groups is 1. The minimum absolute atomic E-state index is 0.306. The maximum Gasteiger partial charge on any atom is 0.410 e. The van der Waals surface area contributed by atoms with Gasteiger partial charge in [-0.1, -0.05) is 0 Å². The third kappa shape index (κ3) is 9.82. The van der Waals surface area contributed by atoms with Crippen molar-refractivity contribution < 1.29 is 14.6 Å². The van der Waals surface area contributed by atoms with E-state index in [4.69, 9.17) is 4.74 Å². The average Bonchev–Trinajstić information content (AvgIpc) is 2.85. The molecule has 0 radical (unpaired) electrons. The maximum atomic E-state index is 11.6. The lowest BCUT2D eigenvalue weighted by atomic mass is 9.94. The van der Waals surface area contributed by atoms with Crippen molar-refractivity contribution in [3.63, 3.8) is 0 Å².